The summed E-state index contributed by atoms with van der Waals surface area (Å²) in [6.45, 7) is 8.56. The lowest BCUT2D eigenvalue weighted by Gasteiger charge is -2.42. The lowest BCUT2D eigenvalue weighted by atomic mass is 9.62. The minimum Gasteiger partial charge on any atom is -0.393 e. The Morgan fingerprint density at radius 2 is 2.18 bits per heavy atom. The maximum absolute atomic E-state index is 13.1. The Morgan fingerprint density at radius 3 is 2.89 bits per heavy atom. The highest BCUT2D eigenvalue weighted by atomic mass is 32.1. The molecule has 2 N–H and O–H groups in total. The first-order chi connectivity index (χ1) is 13.2. The van der Waals surface area contributed by atoms with Crippen LogP contribution in [0.3, 0.4) is 0 Å². The molecule has 0 aromatic carbocycles. The van der Waals surface area contributed by atoms with Crippen LogP contribution in [0.15, 0.2) is 58.3 Å². The summed E-state index contributed by atoms with van der Waals surface area (Å²) in [4.78, 5) is 0. The van der Waals surface area contributed by atoms with Gasteiger partial charge in [0, 0.05) is 6.42 Å². The Balaban J connectivity index is 1.79. The van der Waals surface area contributed by atoms with Gasteiger partial charge in [-0.05, 0) is 73.0 Å². The number of rotatable bonds is 4. The van der Waals surface area contributed by atoms with Crippen LogP contribution in [0.5, 0.6) is 0 Å². The number of allylic oxidation sites excluding steroid dienone is 6. The summed E-state index contributed by atoms with van der Waals surface area (Å²) in [6, 6.07) is 0. The van der Waals surface area contributed by atoms with Gasteiger partial charge in [-0.1, -0.05) is 49.8 Å². The average molecular weight is 405 g/mol. The van der Waals surface area contributed by atoms with Crippen molar-refractivity contribution in [2.75, 3.05) is 0 Å². The van der Waals surface area contributed by atoms with E-state index in [-0.39, 0.29) is 5.41 Å². The van der Waals surface area contributed by atoms with Crippen molar-refractivity contribution in [1.82, 2.24) is 0 Å². The molecule has 0 saturated heterocycles. The molecule has 154 valence electrons. The van der Waals surface area contributed by atoms with Crippen LogP contribution >= 0.6 is 12.6 Å². The maximum atomic E-state index is 13.1. The molecule has 0 amide bonds. The Kier molecular flexibility index (Phi) is 6.73. The smallest absolute Gasteiger partial charge is 0.149 e. The highest BCUT2D eigenvalue weighted by Crippen LogP contribution is 2.57. The second-order valence-electron chi connectivity index (χ2n) is 8.95. The Bertz CT molecular complexity index is 744. The zero-order valence-electron chi connectivity index (χ0n) is 17.0. The summed E-state index contributed by atoms with van der Waals surface area (Å²) >= 11 is 3.76. The van der Waals surface area contributed by atoms with Gasteiger partial charge < -0.3 is 10.2 Å². The molecule has 3 aliphatic carbocycles. The van der Waals surface area contributed by atoms with Gasteiger partial charge >= 0.3 is 0 Å². The molecule has 0 spiro atoms. The molecule has 0 aromatic heterocycles. The Labute approximate surface area is 174 Å². The summed E-state index contributed by atoms with van der Waals surface area (Å²) in [6.07, 6.45) is 13.1. The number of hydrogen-bond donors (Lipinski definition) is 3. The molecule has 0 aromatic rings. The van der Waals surface area contributed by atoms with E-state index in [0.29, 0.717) is 31.1 Å². The van der Waals surface area contributed by atoms with Crippen LogP contribution in [-0.2, 0) is 0 Å². The first-order valence-corrected chi connectivity index (χ1v) is 10.9. The quantitative estimate of drug-likeness (QED) is 0.408. The molecule has 0 aliphatic heterocycles. The van der Waals surface area contributed by atoms with Gasteiger partial charge in [-0.2, -0.15) is 0 Å². The highest BCUT2D eigenvalue weighted by molar-refractivity contribution is 7.84. The molecule has 28 heavy (non-hydrogen) atoms. The van der Waals surface area contributed by atoms with Gasteiger partial charge in [-0.15, -0.1) is 12.6 Å². The third-order valence-corrected chi connectivity index (χ3v) is 7.23. The number of fused-ring (bicyclic) bond motifs is 1. The van der Waals surface area contributed by atoms with Crippen LogP contribution in [-0.4, -0.2) is 22.4 Å². The van der Waals surface area contributed by atoms with Crippen LogP contribution in [0, 0.1) is 17.3 Å². The van der Waals surface area contributed by atoms with Gasteiger partial charge in [0.1, 0.15) is 5.16 Å². The zero-order chi connectivity index (χ0) is 20.5. The molecular formula is C24H33FO2S. The molecule has 0 bridgehead atoms. The van der Waals surface area contributed by atoms with E-state index < -0.39 is 17.4 Å². The fourth-order valence-corrected chi connectivity index (χ4v) is 5.59. The van der Waals surface area contributed by atoms with Crippen molar-refractivity contribution in [3.8, 4) is 0 Å². The summed E-state index contributed by atoms with van der Waals surface area (Å²) in [5.74, 6) is 0.793. The normalized spacial score (nSPS) is 37.9. The standard InChI is InChI=1S/C24H33FO2S/c1-15(6-11-23(25)28)20-9-10-21-17(5-4-12-24(20,21)3)7-8-18-13-19(26)14-22(27)16(18)2/h7-9,11,15,19,21-22,26-28H,2,4-6,10,12-14H2,1,3H3/b17-7+,18-8-,23-11+/t15-,19-,21+,22?,24?/m1/s1. The van der Waals surface area contributed by atoms with Crippen molar-refractivity contribution in [3.63, 3.8) is 0 Å². The van der Waals surface area contributed by atoms with Crippen molar-refractivity contribution in [1.29, 1.82) is 0 Å². The first kappa shape index (κ1) is 21.6. The van der Waals surface area contributed by atoms with Gasteiger partial charge in [0.25, 0.3) is 0 Å². The maximum Gasteiger partial charge on any atom is 0.149 e. The Morgan fingerprint density at radius 1 is 1.43 bits per heavy atom. The van der Waals surface area contributed by atoms with Gasteiger partial charge in [-0.25, -0.2) is 4.39 Å². The van der Waals surface area contributed by atoms with Gasteiger partial charge in [0.05, 0.1) is 12.2 Å². The summed E-state index contributed by atoms with van der Waals surface area (Å²) in [5.41, 5.74) is 4.72. The number of aliphatic hydroxyl groups is 2. The average Bonchev–Trinajstić information content (AvgIpc) is 2.99. The van der Waals surface area contributed by atoms with Gasteiger partial charge in [0.15, 0.2) is 0 Å². The summed E-state index contributed by atoms with van der Waals surface area (Å²) < 4.78 is 13.1. The topological polar surface area (TPSA) is 40.5 Å². The third kappa shape index (κ3) is 4.39. The van der Waals surface area contributed by atoms with Crippen molar-refractivity contribution in [2.24, 2.45) is 17.3 Å². The largest absolute Gasteiger partial charge is 0.393 e. The molecule has 0 radical (unpaired) electrons. The van der Waals surface area contributed by atoms with E-state index in [0.717, 1.165) is 30.4 Å². The lowest BCUT2D eigenvalue weighted by molar-refractivity contribution is 0.0862. The van der Waals surface area contributed by atoms with E-state index in [1.54, 1.807) is 6.08 Å². The van der Waals surface area contributed by atoms with E-state index >= 15 is 0 Å². The van der Waals surface area contributed by atoms with Gasteiger partial charge in [0.2, 0.25) is 0 Å². The molecule has 3 rings (SSSR count). The number of halogens is 1. The zero-order valence-corrected chi connectivity index (χ0v) is 17.9. The second-order valence-corrected chi connectivity index (χ2v) is 9.38. The van der Waals surface area contributed by atoms with E-state index in [4.69, 9.17) is 0 Å². The minimum atomic E-state index is -0.647. The van der Waals surface area contributed by atoms with Crippen molar-refractivity contribution in [3.05, 3.63) is 58.3 Å². The summed E-state index contributed by atoms with van der Waals surface area (Å²) in [5, 5.41) is 19.6. The molecule has 4 heteroatoms. The third-order valence-electron chi connectivity index (χ3n) is 7.05. The Hall–Kier alpha value is -1.10. The molecule has 5 atom stereocenters. The first-order valence-electron chi connectivity index (χ1n) is 10.4. The van der Waals surface area contributed by atoms with E-state index in [1.807, 2.05) is 0 Å². The number of thiol groups is 1. The van der Waals surface area contributed by atoms with Crippen LogP contribution < -0.4 is 0 Å². The van der Waals surface area contributed by atoms with E-state index in [2.05, 4.69) is 51.3 Å². The van der Waals surface area contributed by atoms with E-state index in [1.165, 1.54) is 17.6 Å². The van der Waals surface area contributed by atoms with Crippen molar-refractivity contribution in [2.45, 2.75) is 71.0 Å². The van der Waals surface area contributed by atoms with Crippen LogP contribution in [0.1, 0.15) is 58.8 Å². The lowest BCUT2D eigenvalue weighted by Crippen LogP contribution is -2.32. The highest BCUT2D eigenvalue weighted by Gasteiger charge is 2.45. The summed E-state index contributed by atoms with van der Waals surface area (Å²) in [7, 11) is 0. The second kappa shape index (κ2) is 8.73. The number of hydrogen-bond acceptors (Lipinski definition) is 3. The van der Waals surface area contributed by atoms with Gasteiger partial charge in [-0.3, -0.25) is 0 Å². The molecule has 0 heterocycles. The SMILES string of the molecule is C=C1/C(=C\C=C2/CCCC3(C)C([C@H](C)C/C=C(\F)S)=CC[C@@H]23)C[C@@H](O)CC1O. The monoisotopic (exact) mass is 404 g/mol. The molecule has 2 nitrogen and oxygen atoms in total. The molecular weight excluding hydrogens is 371 g/mol. The van der Waals surface area contributed by atoms with Crippen LogP contribution in [0.25, 0.3) is 0 Å². The molecule has 2 saturated carbocycles. The fourth-order valence-electron chi connectivity index (χ4n) is 5.48. The molecule has 3 aliphatic rings. The predicted molar refractivity (Wildman–Crippen MR) is 117 cm³/mol. The molecule has 2 unspecified atom stereocenters. The number of aliphatic hydroxyl groups excluding tert-OH is 2. The van der Waals surface area contributed by atoms with E-state index in [9.17, 15) is 14.6 Å². The van der Waals surface area contributed by atoms with Crippen molar-refractivity contribution >= 4 is 12.6 Å². The predicted octanol–water partition coefficient (Wildman–Crippen LogP) is 5.81. The molecule has 2 fully saturated rings. The fraction of sp³-hybridized carbons (Fsp3) is 0.583. The minimum absolute atomic E-state index is 0.130. The van der Waals surface area contributed by atoms with Crippen LogP contribution in [0.2, 0.25) is 0 Å². The van der Waals surface area contributed by atoms with Crippen molar-refractivity contribution < 1.29 is 14.6 Å². The van der Waals surface area contributed by atoms with Crippen LogP contribution in [0.4, 0.5) is 4.39 Å².